The highest BCUT2D eigenvalue weighted by atomic mass is 32.1. The number of likely N-dealkylation sites (N-methyl/N-ethyl adjacent to an activating group) is 1. The average Bonchev–Trinajstić information content (AvgIpc) is 2.75. The van der Waals surface area contributed by atoms with Gasteiger partial charge in [0.1, 0.15) is 0 Å². The van der Waals surface area contributed by atoms with Crippen LogP contribution in [0, 0.1) is 6.92 Å². The maximum absolute atomic E-state index is 11.9. The second-order valence-corrected chi connectivity index (χ2v) is 5.49. The van der Waals surface area contributed by atoms with E-state index in [0.29, 0.717) is 18.3 Å². The molecule has 1 aromatic heterocycles. The van der Waals surface area contributed by atoms with Crippen LogP contribution in [-0.2, 0) is 9.53 Å². The lowest BCUT2D eigenvalue weighted by atomic mass is 10.2. The van der Waals surface area contributed by atoms with E-state index in [1.807, 2.05) is 19.4 Å². The van der Waals surface area contributed by atoms with E-state index in [0.717, 1.165) is 25.3 Å². The van der Waals surface area contributed by atoms with Gasteiger partial charge < -0.3 is 15.4 Å². The van der Waals surface area contributed by atoms with Crippen LogP contribution in [0.15, 0.2) is 5.38 Å². The van der Waals surface area contributed by atoms with Crippen LogP contribution in [0.25, 0.3) is 0 Å². The number of rotatable bonds is 5. The first-order valence-electron chi connectivity index (χ1n) is 6.38. The Morgan fingerprint density at radius 3 is 3.21 bits per heavy atom. The molecule has 0 aromatic carbocycles. The zero-order valence-corrected chi connectivity index (χ0v) is 12.1. The Hall–Kier alpha value is -1.02. The molecule has 2 heterocycles. The molecule has 19 heavy (non-hydrogen) atoms. The van der Waals surface area contributed by atoms with Gasteiger partial charge in [-0.25, -0.2) is 4.98 Å². The van der Waals surface area contributed by atoms with Gasteiger partial charge in [0.2, 0.25) is 5.91 Å². The summed E-state index contributed by atoms with van der Waals surface area (Å²) in [5.74, 6) is -0.0144. The van der Waals surface area contributed by atoms with Crippen molar-refractivity contribution in [1.82, 2.24) is 15.2 Å². The number of hydrogen-bond donors (Lipinski definition) is 2. The van der Waals surface area contributed by atoms with Crippen LogP contribution in [0.1, 0.15) is 5.69 Å². The second-order valence-electron chi connectivity index (χ2n) is 4.63. The van der Waals surface area contributed by atoms with Gasteiger partial charge in [0.15, 0.2) is 5.13 Å². The minimum Gasteiger partial charge on any atom is -0.374 e. The van der Waals surface area contributed by atoms with Crippen LogP contribution < -0.4 is 10.6 Å². The van der Waals surface area contributed by atoms with E-state index in [4.69, 9.17) is 4.74 Å². The van der Waals surface area contributed by atoms with Crippen molar-refractivity contribution >= 4 is 22.4 Å². The summed E-state index contributed by atoms with van der Waals surface area (Å²) in [6.45, 7) is 5.37. The third-order valence-corrected chi connectivity index (χ3v) is 3.76. The van der Waals surface area contributed by atoms with E-state index in [9.17, 15) is 4.79 Å². The van der Waals surface area contributed by atoms with E-state index >= 15 is 0 Å². The molecule has 1 aromatic rings. The highest BCUT2D eigenvalue weighted by molar-refractivity contribution is 7.13. The van der Waals surface area contributed by atoms with Gasteiger partial charge in [-0.05, 0) is 14.0 Å². The van der Waals surface area contributed by atoms with Gasteiger partial charge in [-0.1, -0.05) is 0 Å². The maximum atomic E-state index is 11.9. The monoisotopic (exact) mass is 284 g/mol. The third-order valence-electron chi connectivity index (χ3n) is 2.89. The standard InChI is InChI=1S/C12H20N4O2S/c1-9-8-19-12(14-9)15-11(17)7-16-3-4-18-10(6-16)5-13-2/h8,10,13H,3-7H2,1-2H3,(H,14,15,17). The van der Waals surface area contributed by atoms with Gasteiger partial charge in [-0.2, -0.15) is 0 Å². The van der Waals surface area contributed by atoms with Crippen molar-refractivity contribution in [1.29, 1.82) is 0 Å². The molecule has 0 spiro atoms. The Kier molecular flexibility index (Phi) is 5.26. The van der Waals surface area contributed by atoms with Crippen molar-refractivity contribution in [3.8, 4) is 0 Å². The first kappa shape index (κ1) is 14.4. The minimum atomic E-state index is -0.0144. The molecule has 0 aliphatic carbocycles. The number of anilines is 1. The molecule has 1 fully saturated rings. The molecule has 7 heteroatoms. The summed E-state index contributed by atoms with van der Waals surface area (Å²) in [5, 5.41) is 8.51. The molecule has 2 rings (SSSR count). The van der Waals surface area contributed by atoms with Crippen LogP contribution in [-0.4, -0.2) is 61.7 Å². The van der Waals surface area contributed by atoms with Gasteiger partial charge >= 0.3 is 0 Å². The molecule has 1 aliphatic heterocycles. The molecule has 1 saturated heterocycles. The molecule has 1 amide bonds. The number of ether oxygens (including phenoxy) is 1. The number of aryl methyl sites for hydroxylation is 1. The van der Waals surface area contributed by atoms with E-state index in [-0.39, 0.29) is 12.0 Å². The van der Waals surface area contributed by atoms with Crippen molar-refractivity contribution in [3.05, 3.63) is 11.1 Å². The molecule has 1 unspecified atom stereocenters. The van der Waals surface area contributed by atoms with E-state index in [1.165, 1.54) is 11.3 Å². The van der Waals surface area contributed by atoms with Gasteiger partial charge in [-0.15, -0.1) is 11.3 Å². The predicted molar refractivity (Wildman–Crippen MR) is 75.6 cm³/mol. The van der Waals surface area contributed by atoms with Crippen molar-refractivity contribution in [2.75, 3.05) is 45.2 Å². The highest BCUT2D eigenvalue weighted by Gasteiger charge is 2.21. The molecule has 6 nitrogen and oxygen atoms in total. The van der Waals surface area contributed by atoms with Gasteiger partial charge in [-0.3, -0.25) is 9.69 Å². The summed E-state index contributed by atoms with van der Waals surface area (Å²) in [5.41, 5.74) is 0.931. The number of thiazole rings is 1. The van der Waals surface area contributed by atoms with Crippen molar-refractivity contribution < 1.29 is 9.53 Å². The fourth-order valence-corrected chi connectivity index (χ4v) is 2.75. The smallest absolute Gasteiger partial charge is 0.240 e. The number of nitrogens with one attached hydrogen (secondary N) is 2. The third kappa shape index (κ3) is 4.54. The fourth-order valence-electron chi connectivity index (χ4n) is 2.05. The van der Waals surface area contributed by atoms with E-state index in [2.05, 4.69) is 20.5 Å². The van der Waals surface area contributed by atoms with Crippen LogP contribution in [0.4, 0.5) is 5.13 Å². The average molecular weight is 284 g/mol. The fraction of sp³-hybridized carbons (Fsp3) is 0.667. The minimum absolute atomic E-state index is 0.0144. The molecule has 1 atom stereocenters. The molecule has 106 valence electrons. The quantitative estimate of drug-likeness (QED) is 0.814. The lowest BCUT2D eigenvalue weighted by Crippen LogP contribution is -2.48. The van der Waals surface area contributed by atoms with Crippen molar-refractivity contribution in [2.24, 2.45) is 0 Å². The number of nitrogens with zero attached hydrogens (tertiary/aromatic N) is 2. The van der Waals surface area contributed by atoms with Crippen LogP contribution >= 0.6 is 11.3 Å². The van der Waals surface area contributed by atoms with E-state index in [1.54, 1.807) is 0 Å². The van der Waals surface area contributed by atoms with Crippen molar-refractivity contribution in [2.45, 2.75) is 13.0 Å². The first-order valence-corrected chi connectivity index (χ1v) is 7.26. The van der Waals surface area contributed by atoms with Crippen molar-refractivity contribution in [3.63, 3.8) is 0 Å². The summed E-state index contributed by atoms with van der Waals surface area (Å²) < 4.78 is 5.61. The summed E-state index contributed by atoms with van der Waals surface area (Å²) in [6, 6.07) is 0. The van der Waals surface area contributed by atoms with Gasteiger partial charge in [0.05, 0.1) is 24.9 Å². The maximum Gasteiger partial charge on any atom is 0.240 e. The summed E-state index contributed by atoms with van der Waals surface area (Å²) in [6.07, 6.45) is 0.161. The molecule has 0 radical (unpaired) electrons. The second kappa shape index (κ2) is 6.95. The lowest BCUT2D eigenvalue weighted by molar-refractivity contribution is -0.119. The zero-order chi connectivity index (χ0) is 13.7. The Bertz CT molecular complexity index is 422. The first-order chi connectivity index (χ1) is 9.17. The number of hydrogen-bond acceptors (Lipinski definition) is 6. The van der Waals surface area contributed by atoms with Gasteiger partial charge in [0.25, 0.3) is 0 Å². The Balaban J connectivity index is 1.78. The molecule has 0 saturated carbocycles. The molecule has 0 bridgehead atoms. The zero-order valence-electron chi connectivity index (χ0n) is 11.3. The number of amides is 1. The van der Waals surface area contributed by atoms with Crippen LogP contribution in [0.3, 0.4) is 0 Å². The topological polar surface area (TPSA) is 66.5 Å². The lowest BCUT2D eigenvalue weighted by Gasteiger charge is -2.32. The predicted octanol–water partition coefficient (Wildman–Crippen LogP) is 0.310. The highest BCUT2D eigenvalue weighted by Crippen LogP contribution is 2.14. The number of carbonyl (C=O) groups is 1. The molecule has 2 N–H and O–H groups in total. The Labute approximate surface area is 117 Å². The Morgan fingerprint density at radius 1 is 1.68 bits per heavy atom. The van der Waals surface area contributed by atoms with Crippen LogP contribution in [0.2, 0.25) is 0 Å². The number of aromatic nitrogens is 1. The summed E-state index contributed by atoms with van der Waals surface area (Å²) in [7, 11) is 1.90. The molecule has 1 aliphatic rings. The SMILES string of the molecule is CNCC1CN(CC(=O)Nc2nc(C)cs2)CCO1. The number of carbonyl (C=O) groups excluding carboxylic acids is 1. The number of morpholine rings is 1. The largest absolute Gasteiger partial charge is 0.374 e. The summed E-state index contributed by atoms with van der Waals surface area (Å²) >= 11 is 1.45. The van der Waals surface area contributed by atoms with Gasteiger partial charge in [0, 0.05) is 25.0 Å². The molecular formula is C12H20N4O2S. The Morgan fingerprint density at radius 2 is 2.53 bits per heavy atom. The van der Waals surface area contributed by atoms with E-state index < -0.39 is 0 Å². The molecular weight excluding hydrogens is 264 g/mol. The normalized spacial score (nSPS) is 20.4. The summed E-state index contributed by atoms with van der Waals surface area (Å²) in [4.78, 5) is 18.2. The van der Waals surface area contributed by atoms with Crippen LogP contribution in [0.5, 0.6) is 0 Å².